The molecule has 2 aliphatic heterocycles. The zero-order valence-corrected chi connectivity index (χ0v) is 11.7. The highest BCUT2D eigenvalue weighted by atomic mass is 16.5. The molecule has 3 rings (SSSR count). The van der Waals surface area contributed by atoms with Gasteiger partial charge in [-0.25, -0.2) is 0 Å². The van der Waals surface area contributed by atoms with Crippen molar-refractivity contribution in [2.75, 3.05) is 26.4 Å². The van der Waals surface area contributed by atoms with Crippen LogP contribution in [0, 0.1) is 37.5 Å². The summed E-state index contributed by atoms with van der Waals surface area (Å²) in [6.07, 6.45) is 0. The minimum atomic E-state index is -0.405. The first kappa shape index (κ1) is 12.7. The van der Waals surface area contributed by atoms with Crippen LogP contribution in [-0.4, -0.2) is 26.4 Å². The third-order valence-corrected chi connectivity index (χ3v) is 5.10. The van der Waals surface area contributed by atoms with E-state index in [2.05, 4.69) is 39.0 Å². The number of rotatable bonds is 2. The molecule has 0 atom stereocenters. The van der Waals surface area contributed by atoms with Crippen LogP contribution in [0.2, 0.25) is 0 Å². The Hall–Kier alpha value is -1.37. The summed E-state index contributed by atoms with van der Waals surface area (Å²) in [4.78, 5) is 0. The third-order valence-electron chi connectivity index (χ3n) is 5.10. The molecule has 0 saturated carbocycles. The number of hydrogen-bond donors (Lipinski definition) is 0. The SMILES string of the molecule is Cc1ccc(C2(C3(C#N)COC3)COC2)c(C)c1C. The minimum absolute atomic E-state index is 0.178. The Balaban J connectivity index is 2.14. The first-order valence-electron chi connectivity index (χ1n) is 6.70. The van der Waals surface area contributed by atoms with E-state index in [0.717, 1.165) is 0 Å². The van der Waals surface area contributed by atoms with Crippen LogP contribution in [0.1, 0.15) is 22.3 Å². The lowest BCUT2D eigenvalue weighted by atomic mass is 9.57. The van der Waals surface area contributed by atoms with E-state index in [1.54, 1.807) is 0 Å². The van der Waals surface area contributed by atoms with Crippen molar-refractivity contribution in [2.45, 2.75) is 26.2 Å². The Morgan fingerprint density at radius 2 is 1.63 bits per heavy atom. The molecule has 2 saturated heterocycles. The fourth-order valence-electron chi connectivity index (χ4n) is 3.22. The van der Waals surface area contributed by atoms with Gasteiger partial charge in [-0.15, -0.1) is 0 Å². The first-order valence-corrected chi connectivity index (χ1v) is 6.70. The number of nitrogens with zero attached hydrogens (tertiary/aromatic N) is 1. The molecule has 100 valence electrons. The van der Waals surface area contributed by atoms with Gasteiger partial charge in [0.05, 0.1) is 37.9 Å². The molecular formula is C16H19NO2. The summed E-state index contributed by atoms with van der Waals surface area (Å²) in [5, 5.41) is 9.63. The van der Waals surface area contributed by atoms with Crippen molar-refractivity contribution in [3.8, 4) is 6.07 Å². The van der Waals surface area contributed by atoms with Crippen molar-refractivity contribution in [2.24, 2.45) is 5.41 Å². The molecule has 2 aliphatic rings. The van der Waals surface area contributed by atoms with Crippen molar-refractivity contribution in [1.29, 1.82) is 5.26 Å². The number of nitriles is 1. The summed E-state index contributed by atoms with van der Waals surface area (Å²) in [5.41, 5.74) is 4.60. The Kier molecular flexibility index (Phi) is 2.70. The van der Waals surface area contributed by atoms with Gasteiger partial charge in [0.25, 0.3) is 0 Å². The predicted molar refractivity (Wildman–Crippen MR) is 72.0 cm³/mol. The molecule has 0 amide bonds. The van der Waals surface area contributed by atoms with Crippen molar-refractivity contribution in [3.05, 3.63) is 34.4 Å². The first-order chi connectivity index (χ1) is 9.06. The third kappa shape index (κ3) is 1.45. The topological polar surface area (TPSA) is 42.2 Å². The number of aryl methyl sites for hydroxylation is 1. The quantitative estimate of drug-likeness (QED) is 0.817. The van der Waals surface area contributed by atoms with Crippen LogP contribution >= 0.6 is 0 Å². The van der Waals surface area contributed by atoms with Gasteiger partial charge in [-0.05, 0) is 43.0 Å². The van der Waals surface area contributed by atoms with Gasteiger partial charge in [0.1, 0.15) is 5.41 Å². The van der Waals surface area contributed by atoms with Gasteiger partial charge in [0.2, 0.25) is 0 Å². The van der Waals surface area contributed by atoms with Gasteiger partial charge in [-0.1, -0.05) is 12.1 Å². The second-order valence-electron chi connectivity index (χ2n) is 5.94. The number of benzene rings is 1. The lowest BCUT2D eigenvalue weighted by molar-refractivity contribution is -0.201. The normalized spacial score (nSPS) is 23.1. The van der Waals surface area contributed by atoms with E-state index in [4.69, 9.17) is 9.47 Å². The van der Waals surface area contributed by atoms with Crippen LogP contribution in [0.3, 0.4) is 0 Å². The summed E-state index contributed by atoms with van der Waals surface area (Å²) >= 11 is 0. The summed E-state index contributed by atoms with van der Waals surface area (Å²) in [6, 6.07) is 6.85. The summed E-state index contributed by atoms with van der Waals surface area (Å²) in [6.45, 7) is 8.75. The Labute approximate surface area is 114 Å². The van der Waals surface area contributed by atoms with E-state index in [-0.39, 0.29) is 5.41 Å². The van der Waals surface area contributed by atoms with Crippen molar-refractivity contribution >= 4 is 0 Å². The Bertz CT molecular complexity index is 563. The maximum Gasteiger partial charge on any atom is 0.118 e. The van der Waals surface area contributed by atoms with E-state index in [1.807, 2.05) is 0 Å². The maximum atomic E-state index is 9.63. The molecule has 0 aromatic heterocycles. The smallest absolute Gasteiger partial charge is 0.118 e. The second kappa shape index (κ2) is 4.06. The molecule has 0 spiro atoms. The highest BCUT2D eigenvalue weighted by Gasteiger charge is 2.62. The zero-order chi connectivity index (χ0) is 13.7. The molecule has 0 aliphatic carbocycles. The highest BCUT2D eigenvalue weighted by molar-refractivity contribution is 5.47. The summed E-state index contributed by atoms with van der Waals surface area (Å²) in [5.74, 6) is 0. The molecule has 0 unspecified atom stereocenters. The van der Waals surface area contributed by atoms with Crippen LogP contribution in [0.25, 0.3) is 0 Å². The van der Waals surface area contributed by atoms with Crippen LogP contribution in [0.15, 0.2) is 12.1 Å². The van der Waals surface area contributed by atoms with Crippen LogP contribution < -0.4 is 0 Å². The molecular weight excluding hydrogens is 238 g/mol. The van der Waals surface area contributed by atoms with Crippen LogP contribution in [-0.2, 0) is 14.9 Å². The summed E-state index contributed by atoms with van der Waals surface area (Å²) < 4.78 is 10.8. The van der Waals surface area contributed by atoms with Gasteiger partial charge in [0.15, 0.2) is 0 Å². The Morgan fingerprint density at radius 1 is 1.00 bits per heavy atom. The van der Waals surface area contributed by atoms with E-state index < -0.39 is 5.41 Å². The average molecular weight is 257 g/mol. The van der Waals surface area contributed by atoms with E-state index in [0.29, 0.717) is 26.4 Å². The molecule has 1 aromatic rings. The lowest BCUT2D eigenvalue weighted by Gasteiger charge is -2.56. The van der Waals surface area contributed by atoms with E-state index >= 15 is 0 Å². The Morgan fingerprint density at radius 3 is 2.05 bits per heavy atom. The van der Waals surface area contributed by atoms with Crippen LogP contribution in [0.4, 0.5) is 0 Å². The van der Waals surface area contributed by atoms with Crippen molar-refractivity contribution in [3.63, 3.8) is 0 Å². The fraction of sp³-hybridized carbons (Fsp3) is 0.562. The van der Waals surface area contributed by atoms with Gasteiger partial charge in [-0.2, -0.15) is 5.26 Å². The molecule has 3 nitrogen and oxygen atoms in total. The van der Waals surface area contributed by atoms with Gasteiger partial charge < -0.3 is 9.47 Å². The number of ether oxygens (including phenoxy) is 2. The molecule has 2 heterocycles. The molecule has 3 heteroatoms. The fourth-order valence-corrected chi connectivity index (χ4v) is 3.22. The van der Waals surface area contributed by atoms with E-state index in [1.165, 1.54) is 22.3 Å². The largest absolute Gasteiger partial charge is 0.379 e. The molecule has 1 aromatic carbocycles. The predicted octanol–water partition coefficient (Wildman–Crippen LogP) is 2.42. The molecule has 0 N–H and O–H groups in total. The standard InChI is InChI=1S/C16H19NO2/c1-11-4-5-14(13(3)12(11)2)16(9-19-10-16)15(6-17)7-18-8-15/h4-5H,7-10H2,1-3H3. The lowest BCUT2D eigenvalue weighted by Crippen LogP contribution is -2.66. The molecule has 19 heavy (non-hydrogen) atoms. The minimum Gasteiger partial charge on any atom is -0.379 e. The average Bonchev–Trinajstić information content (AvgIpc) is 2.30. The monoisotopic (exact) mass is 257 g/mol. The van der Waals surface area contributed by atoms with Gasteiger partial charge in [0, 0.05) is 0 Å². The molecule has 0 bridgehead atoms. The molecule has 0 radical (unpaired) electrons. The number of hydrogen-bond acceptors (Lipinski definition) is 3. The van der Waals surface area contributed by atoms with Gasteiger partial charge in [-0.3, -0.25) is 0 Å². The van der Waals surface area contributed by atoms with Crippen molar-refractivity contribution < 1.29 is 9.47 Å². The van der Waals surface area contributed by atoms with Gasteiger partial charge >= 0.3 is 0 Å². The van der Waals surface area contributed by atoms with E-state index in [9.17, 15) is 5.26 Å². The van der Waals surface area contributed by atoms with Crippen molar-refractivity contribution in [1.82, 2.24) is 0 Å². The van der Waals surface area contributed by atoms with Crippen LogP contribution in [0.5, 0.6) is 0 Å². The summed E-state index contributed by atoms with van der Waals surface area (Å²) in [7, 11) is 0. The maximum absolute atomic E-state index is 9.63. The second-order valence-corrected chi connectivity index (χ2v) is 5.94. The zero-order valence-electron chi connectivity index (χ0n) is 11.7. The molecule has 2 fully saturated rings. The highest BCUT2D eigenvalue weighted by Crippen LogP contribution is 2.52.